The third kappa shape index (κ3) is 3.82. The Morgan fingerprint density at radius 2 is 1.83 bits per heavy atom. The first kappa shape index (κ1) is 14.7. The van der Waals surface area contributed by atoms with E-state index in [1.807, 2.05) is 0 Å². The zero-order valence-corrected chi connectivity index (χ0v) is 10.9. The molecule has 0 radical (unpaired) electrons. The summed E-state index contributed by atoms with van der Waals surface area (Å²) in [5.41, 5.74) is 5.65. The van der Waals surface area contributed by atoms with Crippen molar-refractivity contribution in [1.82, 2.24) is 0 Å². The summed E-state index contributed by atoms with van der Waals surface area (Å²) >= 11 is 0. The van der Waals surface area contributed by atoms with Crippen molar-refractivity contribution in [2.45, 2.75) is 33.4 Å². The maximum absolute atomic E-state index is 12.5. The molecule has 1 aromatic rings. The molecule has 0 aliphatic carbocycles. The molecular formula is C13H19F3N2. The first-order valence-corrected chi connectivity index (χ1v) is 5.86. The van der Waals surface area contributed by atoms with Crippen LogP contribution in [0.15, 0.2) is 18.2 Å². The molecule has 1 aromatic carbocycles. The second-order valence-corrected chi connectivity index (χ2v) is 5.17. The molecule has 0 bridgehead atoms. The van der Waals surface area contributed by atoms with E-state index >= 15 is 0 Å². The lowest BCUT2D eigenvalue weighted by molar-refractivity contribution is -0.137. The average Bonchev–Trinajstić information content (AvgIpc) is 2.26. The van der Waals surface area contributed by atoms with E-state index in [0.29, 0.717) is 12.2 Å². The van der Waals surface area contributed by atoms with Gasteiger partial charge in [-0.15, -0.1) is 0 Å². The maximum atomic E-state index is 12.5. The Labute approximate surface area is 105 Å². The Morgan fingerprint density at radius 1 is 1.22 bits per heavy atom. The van der Waals surface area contributed by atoms with Crippen LogP contribution in [0.1, 0.15) is 32.8 Å². The van der Waals surface area contributed by atoms with Crippen LogP contribution in [0.2, 0.25) is 0 Å². The number of nitrogens with one attached hydrogen (secondary N) is 1. The standard InChI is InChI=1S/C13H19F3N2/c1-4-12(2,3)8-18-11-6-5-9(7-10(11)17)13(14,15)16/h5-7,18H,4,8,17H2,1-3H3. The lowest BCUT2D eigenvalue weighted by Gasteiger charge is -2.24. The van der Waals surface area contributed by atoms with Crippen LogP contribution >= 0.6 is 0 Å². The van der Waals surface area contributed by atoms with Gasteiger partial charge in [0, 0.05) is 6.54 Å². The molecule has 0 unspecified atom stereocenters. The summed E-state index contributed by atoms with van der Waals surface area (Å²) in [6.45, 7) is 6.90. The van der Waals surface area contributed by atoms with Crippen LogP contribution in [0.4, 0.5) is 24.5 Å². The molecule has 102 valence electrons. The number of rotatable bonds is 4. The van der Waals surface area contributed by atoms with Gasteiger partial charge in [0.05, 0.1) is 16.9 Å². The topological polar surface area (TPSA) is 38.0 Å². The molecule has 1 rings (SSSR count). The number of nitrogens with two attached hydrogens (primary N) is 1. The number of benzene rings is 1. The second-order valence-electron chi connectivity index (χ2n) is 5.17. The molecule has 0 aliphatic heterocycles. The van der Waals surface area contributed by atoms with E-state index < -0.39 is 11.7 Å². The summed E-state index contributed by atoms with van der Waals surface area (Å²) in [4.78, 5) is 0. The fraction of sp³-hybridized carbons (Fsp3) is 0.538. The number of hydrogen-bond acceptors (Lipinski definition) is 2. The number of alkyl halides is 3. The molecule has 0 amide bonds. The number of nitrogen functional groups attached to an aromatic ring is 1. The largest absolute Gasteiger partial charge is 0.416 e. The Hall–Kier alpha value is -1.39. The highest BCUT2D eigenvalue weighted by molar-refractivity contribution is 5.67. The van der Waals surface area contributed by atoms with Crippen molar-refractivity contribution in [3.05, 3.63) is 23.8 Å². The van der Waals surface area contributed by atoms with Gasteiger partial charge in [-0.25, -0.2) is 0 Å². The average molecular weight is 260 g/mol. The summed E-state index contributed by atoms with van der Waals surface area (Å²) < 4.78 is 37.4. The van der Waals surface area contributed by atoms with Crippen LogP contribution in [0, 0.1) is 5.41 Å². The predicted molar refractivity (Wildman–Crippen MR) is 68.4 cm³/mol. The van der Waals surface area contributed by atoms with Gasteiger partial charge in [-0.05, 0) is 30.0 Å². The monoisotopic (exact) mass is 260 g/mol. The summed E-state index contributed by atoms with van der Waals surface area (Å²) in [6, 6.07) is 3.38. The minimum Gasteiger partial charge on any atom is -0.397 e. The lowest BCUT2D eigenvalue weighted by Crippen LogP contribution is -2.22. The zero-order chi connectivity index (χ0) is 14.0. The Balaban J connectivity index is 2.81. The van der Waals surface area contributed by atoms with Crippen molar-refractivity contribution in [2.24, 2.45) is 5.41 Å². The van der Waals surface area contributed by atoms with Gasteiger partial charge in [-0.3, -0.25) is 0 Å². The van der Waals surface area contributed by atoms with Gasteiger partial charge < -0.3 is 11.1 Å². The predicted octanol–water partition coefficient (Wildman–Crippen LogP) is 4.14. The van der Waals surface area contributed by atoms with Crippen molar-refractivity contribution in [3.8, 4) is 0 Å². The van der Waals surface area contributed by atoms with E-state index in [-0.39, 0.29) is 11.1 Å². The van der Waals surface area contributed by atoms with Crippen molar-refractivity contribution in [2.75, 3.05) is 17.6 Å². The minimum atomic E-state index is -4.35. The van der Waals surface area contributed by atoms with Crippen LogP contribution in [0.5, 0.6) is 0 Å². The summed E-state index contributed by atoms with van der Waals surface area (Å²) in [5, 5.41) is 3.09. The number of halogens is 3. The molecule has 0 saturated carbocycles. The number of anilines is 2. The highest BCUT2D eigenvalue weighted by Gasteiger charge is 2.30. The van der Waals surface area contributed by atoms with Crippen molar-refractivity contribution >= 4 is 11.4 Å². The highest BCUT2D eigenvalue weighted by atomic mass is 19.4. The molecular weight excluding hydrogens is 241 g/mol. The van der Waals surface area contributed by atoms with E-state index in [9.17, 15) is 13.2 Å². The molecule has 18 heavy (non-hydrogen) atoms. The fourth-order valence-electron chi connectivity index (χ4n) is 1.36. The normalized spacial score (nSPS) is 12.6. The van der Waals surface area contributed by atoms with Gasteiger partial charge in [0.15, 0.2) is 0 Å². The summed E-state index contributed by atoms with van der Waals surface area (Å²) in [7, 11) is 0. The van der Waals surface area contributed by atoms with Crippen LogP contribution in [-0.4, -0.2) is 6.54 Å². The molecule has 0 spiro atoms. The van der Waals surface area contributed by atoms with Gasteiger partial charge >= 0.3 is 6.18 Å². The van der Waals surface area contributed by atoms with Gasteiger partial charge in [-0.1, -0.05) is 20.8 Å². The number of hydrogen-bond donors (Lipinski definition) is 2. The molecule has 0 saturated heterocycles. The van der Waals surface area contributed by atoms with E-state index in [2.05, 4.69) is 26.1 Å². The molecule has 0 heterocycles. The van der Waals surface area contributed by atoms with E-state index in [4.69, 9.17) is 5.73 Å². The molecule has 3 N–H and O–H groups in total. The highest BCUT2D eigenvalue weighted by Crippen LogP contribution is 2.33. The van der Waals surface area contributed by atoms with E-state index in [0.717, 1.165) is 18.6 Å². The summed E-state index contributed by atoms with van der Waals surface area (Å²) in [5.74, 6) is 0. The third-order valence-electron chi connectivity index (χ3n) is 3.09. The van der Waals surface area contributed by atoms with Crippen LogP contribution < -0.4 is 11.1 Å². The molecule has 5 heteroatoms. The van der Waals surface area contributed by atoms with Crippen LogP contribution in [0.25, 0.3) is 0 Å². The van der Waals surface area contributed by atoms with E-state index in [1.165, 1.54) is 6.07 Å². The Kier molecular flexibility index (Phi) is 4.14. The van der Waals surface area contributed by atoms with Crippen LogP contribution in [-0.2, 0) is 6.18 Å². The first-order chi connectivity index (χ1) is 8.15. The van der Waals surface area contributed by atoms with Crippen molar-refractivity contribution < 1.29 is 13.2 Å². The minimum absolute atomic E-state index is 0.0785. The van der Waals surface area contributed by atoms with Crippen molar-refractivity contribution in [3.63, 3.8) is 0 Å². The van der Waals surface area contributed by atoms with E-state index in [1.54, 1.807) is 0 Å². The molecule has 0 atom stereocenters. The SMILES string of the molecule is CCC(C)(C)CNc1ccc(C(F)(F)F)cc1N. The van der Waals surface area contributed by atoms with Gasteiger partial charge in [0.25, 0.3) is 0 Å². The molecule has 2 nitrogen and oxygen atoms in total. The van der Waals surface area contributed by atoms with Gasteiger partial charge in [0.1, 0.15) is 0 Å². The van der Waals surface area contributed by atoms with Gasteiger partial charge in [-0.2, -0.15) is 13.2 Å². The first-order valence-electron chi connectivity index (χ1n) is 5.86. The van der Waals surface area contributed by atoms with Crippen LogP contribution in [0.3, 0.4) is 0 Å². The van der Waals surface area contributed by atoms with Crippen molar-refractivity contribution in [1.29, 1.82) is 0 Å². The summed E-state index contributed by atoms with van der Waals surface area (Å²) in [6.07, 6.45) is -3.38. The Morgan fingerprint density at radius 3 is 2.28 bits per heavy atom. The lowest BCUT2D eigenvalue weighted by atomic mass is 9.90. The smallest absolute Gasteiger partial charge is 0.397 e. The molecule has 0 aromatic heterocycles. The Bertz CT molecular complexity index is 411. The molecule has 0 fully saturated rings. The second kappa shape index (κ2) is 5.08. The van der Waals surface area contributed by atoms with Gasteiger partial charge in [0.2, 0.25) is 0 Å². The quantitative estimate of drug-likeness (QED) is 0.799. The third-order valence-corrected chi connectivity index (χ3v) is 3.09. The maximum Gasteiger partial charge on any atom is 0.416 e. The fourth-order valence-corrected chi connectivity index (χ4v) is 1.36. The molecule has 0 aliphatic rings. The zero-order valence-electron chi connectivity index (χ0n) is 10.9.